The maximum absolute atomic E-state index is 14.7. The first-order valence-electron chi connectivity index (χ1n) is 16.0. The van der Waals surface area contributed by atoms with Crippen LogP contribution in [-0.2, 0) is 4.74 Å². The second kappa shape index (κ2) is 14.1. The van der Waals surface area contributed by atoms with Crippen molar-refractivity contribution in [2.45, 2.75) is 103 Å². The normalized spacial score (nSPS) is 29.5. The van der Waals surface area contributed by atoms with E-state index in [1.807, 2.05) is 12.1 Å². The molecular weight excluding hydrogens is 502 g/mol. The van der Waals surface area contributed by atoms with Gasteiger partial charge in [-0.2, -0.15) is 4.39 Å². The summed E-state index contributed by atoms with van der Waals surface area (Å²) in [5.74, 6) is 1.96. The molecule has 1 saturated heterocycles. The number of hydrogen-bond donors (Lipinski definition) is 0. The molecule has 0 bridgehead atoms. The molecule has 218 valence electrons. The van der Waals surface area contributed by atoms with Crippen LogP contribution in [0.3, 0.4) is 0 Å². The van der Waals surface area contributed by atoms with Gasteiger partial charge in [-0.05, 0) is 131 Å². The summed E-state index contributed by atoms with van der Waals surface area (Å²) >= 11 is 0. The van der Waals surface area contributed by atoms with Crippen molar-refractivity contribution in [1.82, 2.24) is 0 Å². The highest BCUT2D eigenvalue weighted by Crippen LogP contribution is 2.44. The van der Waals surface area contributed by atoms with Crippen molar-refractivity contribution in [2.75, 3.05) is 13.2 Å². The molecule has 2 atom stereocenters. The molecule has 40 heavy (non-hydrogen) atoms. The monoisotopic (exact) mass is 550 g/mol. The van der Waals surface area contributed by atoms with E-state index >= 15 is 0 Å². The lowest BCUT2D eigenvalue weighted by molar-refractivity contribution is -0.0732. The van der Waals surface area contributed by atoms with Gasteiger partial charge in [0.2, 0.25) is 5.82 Å². The van der Waals surface area contributed by atoms with Gasteiger partial charge < -0.3 is 9.47 Å². The largest absolute Gasteiger partial charge is 0.491 e. The molecule has 3 fully saturated rings. The molecule has 0 aromatic heterocycles. The Kier molecular flexibility index (Phi) is 10.3. The maximum Gasteiger partial charge on any atom is 0.201 e. The second-order valence-corrected chi connectivity index (χ2v) is 12.5. The molecule has 0 spiro atoms. The third-order valence-corrected chi connectivity index (χ3v) is 10.2. The van der Waals surface area contributed by atoms with E-state index in [0.717, 1.165) is 24.4 Å². The van der Waals surface area contributed by atoms with Crippen LogP contribution in [0.4, 0.5) is 8.78 Å². The molecule has 2 aromatic carbocycles. The van der Waals surface area contributed by atoms with Gasteiger partial charge in [0.1, 0.15) is 0 Å². The van der Waals surface area contributed by atoms with Crippen LogP contribution in [0.5, 0.6) is 5.75 Å². The van der Waals surface area contributed by atoms with Crippen LogP contribution in [0, 0.1) is 35.3 Å². The molecule has 0 N–H and O–H groups in total. The lowest BCUT2D eigenvalue weighted by atomic mass is 9.71. The summed E-state index contributed by atoms with van der Waals surface area (Å²) in [7, 11) is 0. The fourth-order valence-electron chi connectivity index (χ4n) is 7.76. The van der Waals surface area contributed by atoms with Crippen molar-refractivity contribution >= 4 is 0 Å². The van der Waals surface area contributed by atoms with Crippen molar-refractivity contribution in [3.05, 3.63) is 65.7 Å². The quantitative estimate of drug-likeness (QED) is 0.289. The highest BCUT2D eigenvalue weighted by molar-refractivity contribution is 5.65. The molecule has 4 heteroatoms. The topological polar surface area (TPSA) is 18.5 Å². The highest BCUT2D eigenvalue weighted by atomic mass is 19.2. The van der Waals surface area contributed by atoms with Gasteiger partial charge >= 0.3 is 0 Å². The molecule has 2 nitrogen and oxygen atoms in total. The number of halogens is 2. The van der Waals surface area contributed by atoms with Crippen LogP contribution in [0.15, 0.2) is 48.6 Å². The minimum absolute atomic E-state index is 0.0330. The minimum Gasteiger partial charge on any atom is -0.491 e. The van der Waals surface area contributed by atoms with Crippen LogP contribution in [0.1, 0.15) is 102 Å². The lowest BCUT2D eigenvalue weighted by Gasteiger charge is -2.41. The van der Waals surface area contributed by atoms with Crippen molar-refractivity contribution in [1.29, 1.82) is 0 Å². The maximum atomic E-state index is 14.7. The molecule has 1 aliphatic heterocycles. The Hall–Kier alpha value is -2.20. The average Bonchev–Trinajstić information content (AvgIpc) is 3.01. The Morgan fingerprint density at radius 1 is 0.800 bits per heavy atom. The van der Waals surface area contributed by atoms with Gasteiger partial charge in [0.05, 0.1) is 19.3 Å². The van der Waals surface area contributed by atoms with E-state index in [0.29, 0.717) is 30.1 Å². The van der Waals surface area contributed by atoms with E-state index in [1.165, 1.54) is 88.7 Å². The van der Waals surface area contributed by atoms with Gasteiger partial charge in [0, 0.05) is 5.56 Å². The van der Waals surface area contributed by atoms with Gasteiger partial charge in [-0.25, -0.2) is 4.39 Å². The van der Waals surface area contributed by atoms with E-state index in [9.17, 15) is 8.78 Å². The SMILES string of the molecule is C/C=C/CCC1CCC(C2CCC(C3CCC(c4ccc(-c5ccc(OCC)c(F)c5F)cc4)CC3)CO2)CC1. The van der Waals surface area contributed by atoms with Gasteiger partial charge in [-0.3, -0.25) is 0 Å². The van der Waals surface area contributed by atoms with Gasteiger partial charge in [-0.1, -0.05) is 49.3 Å². The van der Waals surface area contributed by atoms with Crippen LogP contribution in [0.25, 0.3) is 11.1 Å². The van der Waals surface area contributed by atoms with E-state index in [1.54, 1.807) is 13.0 Å². The van der Waals surface area contributed by atoms with Crippen LogP contribution < -0.4 is 4.74 Å². The Balaban J connectivity index is 1.07. The molecule has 2 saturated carbocycles. The third kappa shape index (κ3) is 6.98. The molecule has 3 aliphatic rings. The zero-order valence-corrected chi connectivity index (χ0v) is 24.6. The van der Waals surface area contributed by atoms with Crippen molar-refractivity contribution in [3.63, 3.8) is 0 Å². The number of benzene rings is 2. The summed E-state index contributed by atoms with van der Waals surface area (Å²) in [5.41, 5.74) is 2.30. The zero-order chi connectivity index (χ0) is 27.9. The van der Waals surface area contributed by atoms with Gasteiger partial charge in [0.15, 0.2) is 11.6 Å². The molecule has 2 unspecified atom stereocenters. The molecule has 2 aromatic rings. The second-order valence-electron chi connectivity index (χ2n) is 12.5. The zero-order valence-electron chi connectivity index (χ0n) is 24.6. The molecular formula is C36H48F2O2. The van der Waals surface area contributed by atoms with Crippen LogP contribution >= 0.6 is 0 Å². The first kappa shape index (κ1) is 29.3. The smallest absolute Gasteiger partial charge is 0.201 e. The summed E-state index contributed by atoms with van der Waals surface area (Å²) in [5, 5.41) is 0. The fourth-order valence-corrected chi connectivity index (χ4v) is 7.76. The average molecular weight is 551 g/mol. The predicted octanol–water partition coefficient (Wildman–Crippen LogP) is 10.3. The fraction of sp³-hybridized carbons (Fsp3) is 0.611. The predicted molar refractivity (Wildman–Crippen MR) is 160 cm³/mol. The summed E-state index contributed by atoms with van der Waals surface area (Å²) < 4.78 is 40.8. The molecule has 0 amide bonds. The first-order chi connectivity index (χ1) is 19.6. The minimum atomic E-state index is -0.914. The first-order valence-corrected chi connectivity index (χ1v) is 16.0. The standard InChI is InChI=1S/C36H48F2O2/c1-3-5-6-7-25-8-10-30(11-9-25)33-22-20-31(24-40-33)28-14-12-26(13-15-28)27-16-18-29(19-17-27)32-21-23-34(39-4-2)36(38)35(32)37/h3,5,16-19,21,23,25-26,28,30-31,33H,4,6-15,20,22,24H2,1-2H3/b5-3+. The summed E-state index contributed by atoms with van der Waals surface area (Å²) in [6, 6.07) is 11.2. The lowest BCUT2D eigenvalue weighted by Crippen LogP contribution is -2.37. The van der Waals surface area contributed by atoms with Gasteiger partial charge in [-0.15, -0.1) is 0 Å². The Morgan fingerprint density at radius 2 is 1.50 bits per heavy atom. The number of hydrogen-bond acceptors (Lipinski definition) is 2. The van der Waals surface area contributed by atoms with E-state index in [4.69, 9.17) is 9.47 Å². The molecule has 2 aliphatic carbocycles. The number of rotatable bonds is 9. The summed E-state index contributed by atoms with van der Waals surface area (Å²) in [6.07, 6.45) is 20.6. The number of ether oxygens (including phenoxy) is 2. The Morgan fingerprint density at radius 3 is 2.15 bits per heavy atom. The van der Waals surface area contributed by atoms with Crippen molar-refractivity contribution in [2.24, 2.45) is 23.7 Å². The van der Waals surface area contributed by atoms with E-state index < -0.39 is 11.6 Å². The summed E-state index contributed by atoms with van der Waals surface area (Å²) in [6.45, 7) is 5.14. The van der Waals surface area contributed by atoms with E-state index in [-0.39, 0.29) is 11.3 Å². The van der Waals surface area contributed by atoms with E-state index in [2.05, 4.69) is 31.2 Å². The van der Waals surface area contributed by atoms with Crippen LogP contribution in [-0.4, -0.2) is 19.3 Å². The number of allylic oxidation sites excluding steroid dienone is 2. The highest BCUT2D eigenvalue weighted by Gasteiger charge is 2.35. The molecule has 0 radical (unpaired) electrons. The molecule has 5 rings (SSSR count). The Labute approximate surface area is 240 Å². The van der Waals surface area contributed by atoms with Gasteiger partial charge in [0.25, 0.3) is 0 Å². The van der Waals surface area contributed by atoms with Crippen LogP contribution in [0.2, 0.25) is 0 Å². The van der Waals surface area contributed by atoms with Crippen molar-refractivity contribution in [3.8, 4) is 16.9 Å². The third-order valence-electron chi connectivity index (χ3n) is 10.2. The molecule has 1 heterocycles. The summed E-state index contributed by atoms with van der Waals surface area (Å²) in [4.78, 5) is 0. The van der Waals surface area contributed by atoms with Crippen molar-refractivity contribution < 1.29 is 18.3 Å². The Bertz CT molecular complexity index is 1090.